The highest BCUT2D eigenvalue weighted by atomic mass is 19.1. The highest BCUT2D eigenvalue weighted by Crippen LogP contribution is 2.28. The molecule has 4 nitrogen and oxygen atoms in total. The maximum atomic E-state index is 13.4. The topological polar surface area (TPSA) is 49.8 Å². The lowest BCUT2D eigenvalue weighted by Crippen LogP contribution is -2.45. The molecule has 0 radical (unpaired) electrons. The fourth-order valence-corrected chi connectivity index (χ4v) is 2.86. The van der Waals surface area contributed by atoms with E-state index in [0.717, 1.165) is 18.5 Å². The molecule has 0 aliphatic carbocycles. The third-order valence-electron chi connectivity index (χ3n) is 4.05. The van der Waals surface area contributed by atoms with Gasteiger partial charge in [-0.1, -0.05) is 0 Å². The lowest BCUT2D eigenvalue weighted by Gasteiger charge is -2.37. The zero-order valence-corrected chi connectivity index (χ0v) is 11.8. The van der Waals surface area contributed by atoms with Gasteiger partial charge in [-0.2, -0.15) is 0 Å². The van der Waals surface area contributed by atoms with Gasteiger partial charge in [-0.3, -0.25) is 9.69 Å². The molecule has 5 heteroatoms. The van der Waals surface area contributed by atoms with E-state index in [1.165, 1.54) is 12.1 Å². The van der Waals surface area contributed by atoms with E-state index in [9.17, 15) is 14.3 Å². The minimum Gasteiger partial charge on any atom is -0.496 e. The summed E-state index contributed by atoms with van der Waals surface area (Å²) in [6, 6.07) is 4.36. The van der Waals surface area contributed by atoms with Crippen LogP contribution in [0.15, 0.2) is 18.2 Å². The lowest BCUT2D eigenvalue weighted by molar-refractivity contribution is -0.145. The minimum atomic E-state index is -0.756. The van der Waals surface area contributed by atoms with Crippen LogP contribution in [0.1, 0.15) is 25.3 Å². The van der Waals surface area contributed by atoms with Gasteiger partial charge in [-0.25, -0.2) is 4.39 Å². The number of hydrogen-bond donors (Lipinski definition) is 1. The van der Waals surface area contributed by atoms with Gasteiger partial charge in [0.25, 0.3) is 0 Å². The van der Waals surface area contributed by atoms with E-state index in [1.807, 2.05) is 6.92 Å². The standard InChI is InChI=1S/C15H20FNO3/c1-10-13(15(18)19)4-3-7-17(10)9-11-8-12(16)5-6-14(11)20-2/h5-6,8,10,13H,3-4,7,9H2,1-2H3,(H,18,19)/t10-,13-/m0/s1. The molecule has 0 aromatic heterocycles. The fraction of sp³-hybridized carbons (Fsp3) is 0.533. The van der Waals surface area contributed by atoms with Crippen LogP contribution in [-0.2, 0) is 11.3 Å². The number of methoxy groups -OCH3 is 1. The van der Waals surface area contributed by atoms with Crippen molar-refractivity contribution in [3.05, 3.63) is 29.6 Å². The van der Waals surface area contributed by atoms with Gasteiger partial charge in [0.05, 0.1) is 13.0 Å². The van der Waals surface area contributed by atoms with Gasteiger partial charge < -0.3 is 9.84 Å². The zero-order valence-electron chi connectivity index (χ0n) is 11.8. The Morgan fingerprint density at radius 3 is 2.95 bits per heavy atom. The van der Waals surface area contributed by atoms with E-state index in [4.69, 9.17) is 4.74 Å². The first-order chi connectivity index (χ1) is 9.52. The number of nitrogens with zero attached hydrogens (tertiary/aromatic N) is 1. The fourth-order valence-electron chi connectivity index (χ4n) is 2.86. The molecular weight excluding hydrogens is 261 g/mol. The Hall–Kier alpha value is -1.62. The van der Waals surface area contributed by atoms with Gasteiger partial charge >= 0.3 is 5.97 Å². The van der Waals surface area contributed by atoms with Crippen LogP contribution in [0.3, 0.4) is 0 Å². The van der Waals surface area contributed by atoms with Crippen molar-refractivity contribution in [2.45, 2.75) is 32.4 Å². The Morgan fingerprint density at radius 1 is 1.55 bits per heavy atom. The second-order valence-corrected chi connectivity index (χ2v) is 5.25. The van der Waals surface area contributed by atoms with Crippen LogP contribution in [0.5, 0.6) is 5.75 Å². The van der Waals surface area contributed by atoms with Crippen LogP contribution in [0.25, 0.3) is 0 Å². The summed E-state index contributed by atoms with van der Waals surface area (Å²) < 4.78 is 18.6. The van der Waals surface area contributed by atoms with Crippen LogP contribution in [0, 0.1) is 11.7 Å². The first-order valence-corrected chi connectivity index (χ1v) is 6.82. The number of rotatable bonds is 4. The molecule has 1 saturated heterocycles. The smallest absolute Gasteiger partial charge is 0.308 e. The van der Waals surface area contributed by atoms with Crippen molar-refractivity contribution in [1.29, 1.82) is 0 Å². The minimum absolute atomic E-state index is 0.0609. The molecule has 1 fully saturated rings. The van der Waals surface area contributed by atoms with Gasteiger partial charge in [0.15, 0.2) is 0 Å². The Balaban J connectivity index is 2.16. The van der Waals surface area contributed by atoms with E-state index in [-0.39, 0.29) is 17.8 Å². The Labute approximate surface area is 118 Å². The van der Waals surface area contributed by atoms with Gasteiger partial charge in [0.2, 0.25) is 0 Å². The summed E-state index contributed by atoms with van der Waals surface area (Å²) in [5, 5.41) is 9.23. The number of carboxylic acid groups (broad SMARTS) is 1. The van der Waals surface area contributed by atoms with Crippen LogP contribution in [0.2, 0.25) is 0 Å². The highest BCUT2D eigenvalue weighted by Gasteiger charge is 2.33. The third-order valence-corrected chi connectivity index (χ3v) is 4.05. The first-order valence-electron chi connectivity index (χ1n) is 6.82. The molecule has 0 bridgehead atoms. The molecule has 1 aromatic carbocycles. The van der Waals surface area contributed by atoms with Crippen molar-refractivity contribution < 1.29 is 19.0 Å². The third kappa shape index (κ3) is 3.10. The molecule has 0 spiro atoms. The molecule has 0 amide bonds. The van der Waals surface area contributed by atoms with Crippen molar-refractivity contribution in [3.63, 3.8) is 0 Å². The molecule has 1 aliphatic rings. The monoisotopic (exact) mass is 281 g/mol. The number of halogens is 1. The Bertz CT molecular complexity index is 492. The second-order valence-electron chi connectivity index (χ2n) is 5.25. The number of piperidine rings is 1. The average molecular weight is 281 g/mol. The molecule has 1 heterocycles. The Morgan fingerprint density at radius 2 is 2.30 bits per heavy atom. The summed E-state index contributed by atoms with van der Waals surface area (Å²) in [7, 11) is 1.55. The van der Waals surface area contributed by atoms with E-state index >= 15 is 0 Å². The summed E-state index contributed by atoms with van der Waals surface area (Å²) in [6.45, 7) is 3.25. The maximum absolute atomic E-state index is 13.4. The zero-order chi connectivity index (χ0) is 14.7. The molecule has 0 unspecified atom stereocenters. The number of ether oxygens (including phenoxy) is 1. The molecule has 2 atom stereocenters. The number of likely N-dealkylation sites (tertiary alicyclic amines) is 1. The summed E-state index contributed by atoms with van der Waals surface area (Å²) in [6.07, 6.45) is 1.55. The van der Waals surface area contributed by atoms with Gasteiger partial charge in [0, 0.05) is 18.2 Å². The van der Waals surface area contributed by atoms with E-state index in [2.05, 4.69) is 4.90 Å². The van der Waals surface area contributed by atoms with Crippen LogP contribution < -0.4 is 4.74 Å². The molecule has 20 heavy (non-hydrogen) atoms. The number of aliphatic carboxylic acids is 1. The number of carbonyl (C=O) groups is 1. The molecule has 1 N–H and O–H groups in total. The average Bonchev–Trinajstić information content (AvgIpc) is 2.41. The van der Waals surface area contributed by atoms with Crippen LogP contribution in [0.4, 0.5) is 4.39 Å². The Kier molecular flexibility index (Phi) is 4.60. The summed E-state index contributed by atoms with van der Waals surface area (Å²) in [5.74, 6) is -0.784. The molecule has 0 saturated carbocycles. The molecule has 1 aliphatic heterocycles. The molecule has 1 aromatic rings. The summed E-state index contributed by atoms with van der Waals surface area (Å²) in [5.41, 5.74) is 0.755. The first kappa shape index (κ1) is 14.8. The van der Waals surface area contributed by atoms with Crippen molar-refractivity contribution in [2.75, 3.05) is 13.7 Å². The largest absolute Gasteiger partial charge is 0.496 e. The second kappa shape index (κ2) is 6.22. The van der Waals surface area contributed by atoms with E-state index < -0.39 is 5.97 Å². The SMILES string of the molecule is COc1ccc(F)cc1CN1CCC[C@H](C(=O)O)[C@@H]1C. The lowest BCUT2D eigenvalue weighted by atomic mass is 9.90. The van der Waals surface area contributed by atoms with E-state index in [1.54, 1.807) is 13.2 Å². The predicted octanol–water partition coefficient (Wildman–Crippen LogP) is 2.52. The summed E-state index contributed by atoms with van der Waals surface area (Å²) >= 11 is 0. The number of carboxylic acids is 1. The van der Waals surface area contributed by atoms with Gasteiger partial charge in [-0.15, -0.1) is 0 Å². The summed E-state index contributed by atoms with van der Waals surface area (Å²) in [4.78, 5) is 13.3. The van der Waals surface area contributed by atoms with Crippen molar-refractivity contribution in [2.24, 2.45) is 5.92 Å². The van der Waals surface area contributed by atoms with Gasteiger partial charge in [0.1, 0.15) is 11.6 Å². The van der Waals surface area contributed by atoms with Crippen molar-refractivity contribution in [3.8, 4) is 5.75 Å². The van der Waals surface area contributed by atoms with E-state index in [0.29, 0.717) is 18.7 Å². The predicted molar refractivity (Wildman–Crippen MR) is 73.2 cm³/mol. The highest BCUT2D eigenvalue weighted by molar-refractivity contribution is 5.71. The van der Waals surface area contributed by atoms with Gasteiger partial charge in [-0.05, 0) is 44.5 Å². The molecule has 110 valence electrons. The quantitative estimate of drug-likeness (QED) is 0.921. The number of hydrogen-bond acceptors (Lipinski definition) is 3. The normalized spacial score (nSPS) is 23.6. The number of benzene rings is 1. The van der Waals surface area contributed by atoms with Crippen LogP contribution in [-0.4, -0.2) is 35.7 Å². The van der Waals surface area contributed by atoms with Crippen LogP contribution >= 0.6 is 0 Å². The molecular formula is C15H20FNO3. The van der Waals surface area contributed by atoms with Crippen molar-refractivity contribution in [1.82, 2.24) is 4.90 Å². The maximum Gasteiger partial charge on any atom is 0.308 e. The van der Waals surface area contributed by atoms with Crippen molar-refractivity contribution >= 4 is 5.97 Å². The molecule has 2 rings (SSSR count).